The van der Waals surface area contributed by atoms with E-state index >= 15 is 0 Å². The molecule has 1 saturated carbocycles. The summed E-state index contributed by atoms with van der Waals surface area (Å²) < 4.78 is 0. The van der Waals surface area contributed by atoms with E-state index in [0.717, 1.165) is 40.8 Å². The number of nitrogens with zero attached hydrogens (tertiary/aromatic N) is 2. The number of aromatic nitrogens is 2. The lowest BCUT2D eigenvalue weighted by Crippen LogP contribution is -2.32. The SMILES string of the molecule is CCNC1CCCC1CCSc1nc(C)c(C)c(C)n1. The molecule has 1 aliphatic carbocycles. The minimum atomic E-state index is 0.739. The third-order valence-corrected chi connectivity index (χ3v) is 5.34. The van der Waals surface area contributed by atoms with Crippen LogP contribution in [0.1, 0.15) is 49.6 Å². The molecule has 1 N–H and O–H groups in total. The highest BCUT2D eigenvalue weighted by atomic mass is 32.2. The van der Waals surface area contributed by atoms with Crippen LogP contribution in [0.5, 0.6) is 0 Å². The number of hydrogen-bond donors (Lipinski definition) is 1. The molecule has 0 aliphatic heterocycles. The third-order valence-electron chi connectivity index (χ3n) is 4.46. The molecule has 0 radical (unpaired) electrons. The van der Waals surface area contributed by atoms with E-state index in [1.165, 1.54) is 31.2 Å². The molecule has 0 aromatic carbocycles. The first kappa shape index (κ1) is 15.8. The van der Waals surface area contributed by atoms with Crippen LogP contribution in [0, 0.1) is 26.7 Å². The van der Waals surface area contributed by atoms with Gasteiger partial charge in [-0.15, -0.1) is 0 Å². The van der Waals surface area contributed by atoms with Gasteiger partial charge in [-0.1, -0.05) is 25.1 Å². The standard InChI is InChI=1S/C16H27N3S/c1-5-17-15-8-6-7-14(15)9-10-20-16-18-12(3)11(2)13(4)19-16/h14-15,17H,5-10H2,1-4H3. The normalized spacial score (nSPS) is 22.4. The van der Waals surface area contributed by atoms with Crippen molar-refractivity contribution in [3.05, 3.63) is 17.0 Å². The molecule has 20 heavy (non-hydrogen) atoms. The molecule has 2 unspecified atom stereocenters. The first-order chi connectivity index (χ1) is 9.61. The van der Waals surface area contributed by atoms with Crippen LogP contribution in [0.25, 0.3) is 0 Å². The number of nitrogens with one attached hydrogen (secondary N) is 1. The van der Waals surface area contributed by atoms with Crippen LogP contribution in [0.4, 0.5) is 0 Å². The van der Waals surface area contributed by atoms with Crippen LogP contribution in [0.15, 0.2) is 5.16 Å². The van der Waals surface area contributed by atoms with Gasteiger partial charge in [0, 0.05) is 23.2 Å². The first-order valence-electron chi connectivity index (χ1n) is 7.79. The second-order valence-corrected chi connectivity index (χ2v) is 6.86. The zero-order chi connectivity index (χ0) is 14.5. The van der Waals surface area contributed by atoms with E-state index < -0.39 is 0 Å². The molecule has 112 valence electrons. The van der Waals surface area contributed by atoms with Gasteiger partial charge in [-0.25, -0.2) is 9.97 Å². The average Bonchev–Trinajstić information content (AvgIpc) is 2.84. The topological polar surface area (TPSA) is 37.8 Å². The highest BCUT2D eigenvalue weighted by molar-refractivity contribution is 7.99. The minimum absolute atomic E-state index is 0.739. The van der Waals surface area contributed by atoms with Crippen molar-refractivity contribution in [2.24, 2.45) is 5.92 Å². The molecule has 1 fully saturated rings. The van der Waals surface area contributed by atoms with Gasteiger partial charge in [-0.05, 0) is 58.1 Å². The molecule has 0 bridgehead atoms. The number of hydrogen-bond acceptors (Lipinski definition) is 4. The Morgan fingerprint density at radius 3 is 2.50 bits per heavy atom. The number of thioether (sulfide) groups is 1. The highest BCUT2D eigenvalue weighted by Crippen LogP contribution is 2.30. The second-order valence-electron chi connectivity index (χ2n) is 5.79. The van der Waals surface area contributed by atoms with Crippen molar-refractivity contribution in [2.45, 2.75) is 64.6 Å². The molecule has 0 amide bonds. The largest absolute Gasteiger partial charge is 0.314 e. The van der Waals surface area contributed by atoms with Gasteiger partial charge >= 0.3 is 0 Å². The van der Waals surface area contributed by atoms with E-state index in [1.807, 2.05) is 11.8 Å². The summed E-state index contributed by atoms with van der Waals surface area (Å²) in [6, 6.07) is 0.739. The Balaban J connectivity index is 1.84. The Bertz CT molecular complexity index is 424. The van der Waals surface area contributed by atoms with E-state index in [4.69, 9.17) is 0 Å². The summed E-state index contributed by atoms with van der Waals surface area (Å²) in [7, 11) is 0. The number of rotatable bonds is 6. The monoisotopic (exact) mass is 293 g/mol. The fourth-order valence-corrected chi connectivity index (χ4v) is 4.03. The minimum Gasteiger partial charge on any atom is -0.314 e. The van der Waals surface area contributed by atoms with Crippen molar-refractivity contribution in [3.8, 4) is 0 Å². The summed E-state index contributed by atoms with van der Waals surface area (Å²) in [5.74, 6) is 1.98. The second kappa shape index (κ2) is 7.41. The van der Waals surface area contributed by atoms with Gasteiger partial charge in [-0.2, -0.15) is 0 Å². The van der Waals surface area contributed by atoms with Crippen molar-refractivity contribution in [2.75, 3.05) is 12.3 Å². The summed E-state index contributed by atoms with van der Waals surface area (Å²) in [5.41, 5.74) is 3.45. The van der Waals surface area contributed by atoms with Crippen molar-refractivity contribution in [1.82, 2.24) is 15.3 Å². The molecule has 2 atom stereocenters. The lowest BCUT2D eigenvalue weighted by Gasteiger charge is -2.19. The molecule has 2 rings (SSSR count). The van der Waals surface area contributed by atoms with Crippen molar-refractivity contribution in [3.63, 3.8) is 0 Å². The Labute approximate surface area is 127 Å². The van der Waals surface area contributed by atoms with Crippen LogP contribution in [-0.2, 0) is 0 Å². The smallest absolute Gasteiger partial charge is 0.187 e. The average molecular weight is 293 g/mol. The van der Waals surface area contributed by atoms with Gasteiger partial charge in [0.25, 0.3) is 0 Å². The van der Waals surface area contributed by atoms with E-state index in [0.29, 0.717) is 0 Å². The molecule has 4 heteroatoms. The van der Waals surface area contributed by atoms with E-state index in [2.05, 4.69) is 43.0 Å². The van der Waals surface area contributed by atoms with Gasteiger partial charge in [0.1, 0.15) is 0 Å². The van der Waals surface area contributed by atoms with Crippen LogP contribution < -0.4 is 5.32 Å². The van der Waals surface area contributed by atoms with Gasteiger partial charge in [0.2, 0.25) is 0 Å². The zero-order valence-electron chi connectivity index (χ0n) is 13.2. The molecule has 1 aromatic heterocycles. The Morgan fingerprint density at radius 2 is 1.85 bits per heavy atom. The summed E-state index contributed by atoms with van der Waals surface area (Å²) in [6.45, 7) is 9.54. The Kier molecular flexibility index (Phi) is 5.85. The van der Waals surface area contributed by atoms with Crippen LogP contribution in [0.3, 0.4) is 0 Å². The Morgan fingerprint density at radius 1 is 1.15 bits per heavy atom. The van der Waals surface area contributed by atoms with Gasteiger partial charge in [0.05, 0.1) is 0 Å². The van der Waals surface area contributed by atoms with Crippen LogP contribution >= 0.6 is 11.8 Å². The molecule has 3 nitrogen and oxygen atoms in total. The summed E-state index contributed by atoms with van der Waals surface area (Å²) >= 11 is 1.81. The van der Waals surface area contributed by atoms with Crippen LogP contribution in [-0.4, -0.2) is 28.3 Å². The molecular weight excluding hydrogens is 266 g/mol. The summed E-state index contributed by atoms with van der Waals surface area (Å²) in [6.07, 6.45) is 5.39. The van der Waals surface area contributed by atoms with E-state index in [-0.39, 0.29) is 0 Å². The zero-order valence-corrected chi connectivity index (χ0v) is 14.0. The van der Waals surface area contributed by atoms with Gasteiger partial charge in [0.15, 0.2) is 5.16 Å². The maximum absolute atomic E-state index is 4.59. The van der Waals surface area contributed by atoms with E-state index in [9.17, 15) is 0 Å². The van der Waals surface area contributed by atoms with Crippen LogP contribution in [0.2, 0.25) is 0 Å². The van der Waals surface area contributed by atoms with Gasteiger partial charge in [-0.3, -0.25) is 0 Å². The molecular formula is C16H27N3S. The molecule has 1 heterocycles. The van der Waals surface area contributed by atoms with E-state index in [1.54, 1.807) is 0 Å². The van der Waals surface area contributed by atoms with Crippen molar-refractivity contribution >= 4 is 11.8 Å². The fraction of sp³-hybridized carbons (Fsp3) is 0.750. The molecule has 1 aromatic rings. The predicted octanol–water partition coefficient (Wildman–Crippen LogP) is 3.66. The maximum atomic E-state index is 4.59. The number of aryl methyl sites for hydroxylation is 2. The fourth-order valence-electron chi connectivity index (χ4n) is 3.02. The molecule has 1 aliphatic rings. The first-order valence-corrected chi connectivity index (χ1v) is 8.78. The third kappa shape index (κ3) is 3.95. The van der Waals surface area contributed by atoms with Crippen molar-refractivity contribution < 1.29 is 0 Å². The summed E-state index contributed by atoms with van der Waals surface area (Å²) in [5, 5.41) is 4.58. The predicted molar refractivity (Wildman–Crippen MR) is 86.4 cm³/mol. The maximum Gasteiger partial charge on any atom is 0.187 e. The molecule has 0 spiro atoms. The lowest BCUT2D eigenvalue weighted by molar-refractivity contribution is 0.400. The highest BCUT2D eigenvalue weighted by Gasteiger charge is 2.25. The summed E-state index contributed by atoms with van der Waals surface area (Å²) in [4.78, 5) is 9.18. The molecule has 0 saturated heterocycles. The van der Waals surface area contributed by atoms with Gasteiger partial charge < -0.3 is 5.32 Å². The quantitative estimate of drug-likeness (QED) is 0.641. The lowest BCUT2D eigenvalue weighted by atomic mass is 10.0. The Hall–Kier alpha value is -0.610. The van der Waals surface area contributed by atoms with Crippen molar-refractivity contribution in [1.29, 1.82) is 0 Å².